The molecule has 0 saturated carbocycles. The Labute approximate surface area is 135 Å². The summed E-state index contributed by atoms with van der Waals surface area (Å²) in [6.07, 6.45) is 0. The van der Waals surface area contributed by atoms with Crippen LogP contribution in [0.3, 0.4) is 0 Å². The van der Waals surface area contributed by atoms with Crippen molar-refractivity contribution in [2.75, 3.05) is 29.9 Å². The molecular weight excluding hydrogens is 314 g/mol. The van der Waals surface area contributed by atoms with E-state index in [4.69, 9.17) is 0 Å². The fourth-order valence-electron chi connectivity index (χ4n) is 3.03. The van der Waals surface area contributed by atoms with Crippen molar-refractivity contribution in [3.63, 3.8) is 0 Å². The van der Waals surface area contributed by atoms with Crippen molar-refractivity contribution in [2.24, 2.45) is 5.92 Å². The number of hydrogen-bond donors (Lipinski definition) is 2. The van der Waals surface area contributed by atoms with Gasteiger partial charge in [-0.3, -0.25) is 0 Å². The van der Waals surface area contributed by atoms with Gasteiger partial charge in [-0.15, -0.1) is 0 Å². The van der Waals surface area contributed by atoms with E-state index < -0.39 is 9.84 Å². The lowest BCUT2D eigenvalue weighted by molar-refractivity contribution is 0.210. The van der Waals surface area contributed by atoms with Crippen LogP contribution in [-0.2, 0) is 9.84 Å². The van der Waals surface area contributed by atoms with Gasteiger partial charge in [-0.25, -0.2) is 13.2 Å². The van der Waals surface area contributed by atoms with Crippen molar-refractivity contribution in [3.05, 3.63) is 30.0 Å². The molecule has 2 N–H and O–H groups in total. The summed E-state index contributed by atoms with van der Waals surface area (Å²) >= 11 is 0. The van der Waals surface area contributed by atoms with Crippen LogP contribution in [0.25, 0.3) is 10.9 Å². The van der Waals surface area contributed by atoms with E-state index >= 15 is 0 Å². The Balaban J connectivity index is 1.74. The van der Waals surface area contributed by atoms with E-state index in [0.717, 1.165) is 16.6 Å². The molecule has 2 aromatic rings. The van der Waals surface area contributed by atoms with Crippen LogP contribution in [0.5, 0.6) is 0 Å². The Morgan fingerprint density at radius 1 is 1.35 bits per heavy atom. The van der Waals surface area contributed by atoms with Gasteiger partial charge in [0.1, 0.15) is 0 Å². The fourth-order valence-corrected chi connectivity index (χ4v) is 4.67. The molecule has 0 bridgehead atoms. The van der Waals surface area contributed by atoms with Crippen molar-refractivity contribution < 1.29 is 13.2 Å². The number of amides is 2. The molecule has 0 spiro atoms. The number of aryl methyl sites for hydroxylation is 1. The van der Waals surface area contributed by atoms with Gasteiger partial charge in [0.25, 0.3) is 0 Å². The molecule has 0 radical (unpaired) electrons. The second kappa shape index (κ2) is 5.88. The Morgan fingerprint density at radius 2 is 2.13 bits per heavy atom. The fraction of sp³-hybridized carbons (Fsp3) is 0.438. The average Bonchev–Trinajstić information content (AvgIpc) is 2.74. The highest BCUT2D eigenvalue weighted by Gasteiger charge is 2.26. The molecule has 1 fully saturated rings. The van der Waals surface area contributed by atoms with Crippen LogP contribution in [0.2, 0.25) is 0 Å². The van der Waals surface area contributed by atoms with Gasteiger partial charge in [0.2, 0.25) is 0 Å². The van der Waals surface area contributed by atoms with Crippen LogP contribution in [-0.4, -0.2) is 48.9 Å². The van der Waals surface area contributed by atoms with Crippen molar-refractivity contribution in [2.45, 2.75) is 13.8 Å². The summed E-state index contributed by atoms with van der Waals surface area (Å²) in [7, 11) is -3.06. The number of nitrogens with zero attached hydrogens (tertiary/aromatic N) is 1. The molecule has 1 aliphatic heterocycles. The smallest absolute Gasteiger partial charge is 0.321 e. The quantitative estimate of drug-likeness (QED) is 0.839. The number of sulfone groups is 1. The zero-order valence-electron chi connectivity index (χ0n) is 13.3. The first kappa shape index (κ1) is 15.9. The second-order valence-corrected chi connectivity index (χ2v) is 8.58. The van der Waals surface area contributed by atoms with Crippen molar-refractivity contribution in [3.8, 4) is 0 Å². The first-order valence-corrected chi connectivity index (χ1v) is 9.50. The topological polar surface area (TPSA) is 82.3 Å². The largest absolute Gasteiger partial charge is 0.359 e. The number of hydrogen-bond acceptors (Lipinski definition) is 3. The van der Waals surface area contributed by atoms with E-state index in [1.54, 1.807) is 4.90 Å². The summed E-state index contributed by atoms with van der Waals surface area (Å²) in [4.78, 5) is 17.3. The summed E-state index contributed by atoms with van der Waals surface area (Å²) in [6.45, 7) is 4.54. The highest BCUT2D eigenvalue weighted by atomic mass is 32.2. The van der Waals surface area contributed by atoms with E-state index in [0.29, 0.717) is 12.2 Å². The molecule has 1 aromatic heterocycles. The van der Waals surface area contributed by atoms with E-state index in [-0.39, 0.29) is 30.0 Å². The van der Waals surface area contributed by atoms with Gasteiger partial charge < -0.3 is 15.2 Å². The standard InChI is InChI=1S/C16H21N3O3S/c1-11-9-19(5-6-23(21,22)10-11)16(20)18-14-3-4-15-13(8-14)7-12(2)17-15/h3-4,7-8,11,17H,5-6,9-10H2,1-2H3,(H,18,20)/t11-/m1/s1. The number of benzene rings is 1. The third-order valence-electron chi connectivity index (χ3n) is 4.04. The van der Waals surface area contributed by atoms with Crippen LogP contribution in [0, 0.1) is 12.8 Å². The lowest BCUT2D eigenvalue weighted by Crippen LogP contribution is -2.38. The van der Waals surface area contributed by atoms with Crippen LogP contribution < -0.4 is 5.32 Å². The molecule has 3 rings (SSSR count). The van der Waals surface area contributed by atoms with E-state index in [9.17, 15) is 13.2 Å². The number of urea groups is 1. The number of carbonyl (C=O) groups is 1. The molecule has 23 heavy (non-hydrogen) atoms. The molecule has 0 aliphatic carbocycles. The maximum atomic E-state index is 12.4. The van der Waals surface area contributed by atoms with Crippen LogP contribution in [0.1, 0.15) is 12.6 Å². The minimum atomic E-state index is -3.06. The number of rotatable bonds is 1. The maximum absolute atomic E-state index is 12.4. The summed E-state index contributed by atoms with van der Waals surface area (Å²) in [5.41, 5.74) is 2.80. The molecule has 1 saturated heterocycles. The highest BCUT2D eigenvalue weighted by molar-refractivity contribution is 7.91. The summed E-state index contributed by atoms with van der Waals surface area (Å²) in [5, 5.41) is 3.90. The average molecular weight is 335 g/mol. The van der Waals surface area contributed by atoms with E-state index in [1.165, 1.54) is 0 Å². The number of nitrogens with one attached hydrogen (secondary N) is 2. The molecule has 6 nitrogen and oxygen atoms in total. The molecule has 1 atom stereocenters. The molecule has 7 heteroatoms. The van der Waals surface area contributed by atoms with Gasteiger partial charge in [0, 0.05) is 35.4 Å². The predicted molar refractivity (Wildman–Crippen MR) is 91.4 cm³/mol. The van der Waals surface area contributed by atoms with Gasteiger partial charge >= 0.3 is 6.03 Å². The van der Waals surface area contributed by atoms with Gasteiger partial charge in [0.05, 0.1) is 11.5 Å². The Bertz CT molecular complexity index is 841. The monoisotopic (exact) mass is 335 g/mol. The minimum absolute atomic E-state index is 0.0286. The van der Waals surface area contributed by atoms with Gasteiger partial charge in [-0.2, -0.15) is 0 Å². The normalized spacial score (nSPS) is 21.1. The van der Waals surface area contributed by atoms with Gasteiger partial charge in [0.15, 0.2) is 9.84 Å². The molecular formula is C16H21N3O3S. The van der Waals surface area contributed by atoms with Crippen molar-refractivity contribution >= 4 is 32.5 Å². The van der Waals surface area contributed by atoms with Crippen LogP contribution in [0.15, 0.2) is 24.3 Å². The van der Waals surface area contributed by atoms with Gasteiger partial charge in [-0.1, -0.05) is 6.92 Å². The minimum Gasteiger partial charge on any atom is -0.359 e. The van der Waals surface area contributed by atoms with Crippen molar-refractivity contribution in [1.29, 1.82) is 0 Å². The van der Waals surface area contributed by atoms with Crippen molar-refractivity contribution in [1.82, 2.24) is 9.88 Å². The molecule has 2 heterocycles. The number of H-pyrrole nitrogens is 1. The van der Waals surface area contributed by atoms with Crippen LogP contribution >= 0.6 is 0 Å². The van der Waals surface area contributed by atoms with Crippen LogP contribution in [0.4, 0.5) is 10.5 Å². The third kappa shape index (κ3) is 3.67. The summed E-state index contributed by atoms with van der Waals surface area (Å²) in [6, 6.07) is 7.45. The zero-order valence-corrected chi connectivity index (χ0v) is 14.1. The lowest BCUT2D eigenvalue weighted by atomic mass is 10.2. The predicted octanol–water partition coefficient (Wildman–Crippen LogP) is 2.37. The first-order valence-electron chi connectivity index (χ1n) is 7.68. The molecule has 2 amide bonds. The number of anilines is 1. The second-order valence-electron chi connectivity index (χ2n) is 6.35. The van der Waals surface area contributed by atoms with E-state index in [1.807, 2.05) is 38.1 Å². The number of aromatic amines is 1. The Kier molecular flexibility index (Phi) is 4.06. The molecule has 0 unspecified atom stereocenters. The zero-order chi connectivity index (χ0) is 16.6. The first-order chi connectivity index (χ1) is 10.8. The van der Waals surface area contributed by atoms with Gasteiger partial charge in [-0.05, 0) is 37.1 Å². The third-order valence-corrected chi connectivity index (χ3v) is 5.92. The summed E-state index contributed by atoms with van der Waals surface area (Å²) in [5.74, 6) is 0.120. The SMILES string of the molecule is Cc1cc2cc(NC(=O)N3CCS(=O)(=O)C[C@H](C)C3)ccc2[nH]1. The molecule has 1 aliphatic rings. The highest BCUT2D eigenvalue weighted by Crippen LogP contribution is 2.20. The summed E-state index contributed by atoms with van der Waals surface area (Å²) < 4.78 is 23.6. The molecule has 1 aromatic carbocycles. The lowest BCUT2D eigenvalue weighted by Gasteiger charge is -2.22. The molecule has 124 valence electrons. The number of carbonyl (C=O) groups excluding carboxylic acids is 1. The number of aromatic nitrogens is 1. The Hall–Kier alpha value is -2.02. The number of fused-ring (bicyclic) bond motifs is 1. The maximum Gasteiger partial charge on any atom is 0.321 e. The Morgan fingerprint density at radius 3 is 2.91 bits per heavy atom. The van der Waals surface area contributed by atoms with E-state index in [2.05, 4.69) is 10.3 Å².